The quantitative estimate of drug-likeness (QED) is 0.674. The fourth-order valence-electron chi connectivity index (χ4n) is 2.46. The van der Waals surface area contributed by atoms with Crippen LogP contribution in [0.25, 0.3) is 10.9 Å². The molecule has 1 aliphatic rings. The minimum Gasteiger partial charge on any atom is -0.296 e. The first-order chi connectivity index (χ1) is 7.77. The van der Waals surface area contributed by atoms with Crippen molar-refractivity contribution < 1.29 is 0 Å². The van der Waals surface area contributed by atoms with Gasteiger partial charge in [-0.25, -0.2) is 4.98 Å². The van der Waals surface area contributed by atoms with Gasteiger partial charge in [0.15, 0.2) is 0 Å². The van der Waals surface area contributed by atoms with Crippen LogP contribution in [0.5, 0.6) is 0 Å². The van der Waals surface area contributed by atoms with Gasteiger partial charge in [-0.2, -0.15) is 0 Å². The van der Waals surface area contributed by atoms with Crippen molar-refractivity contribution in [3.63, 3.8) is 0 Å². The summed E-state index contributed by atoms with van der Waals surface area (Å²) in [6.45, 7) is 2.96. The SMILES string of the molecule is CC1CCCn2c1nc1ccccc1c2=O. The number of hydrogen-bond donors (Lipinski definition) is 0. The molecule has 16 heavy (non-hydrogen) atoms. The third kappa shape index (κ3) is 1.28. The highest BCUT2D eigenvalue weighted by Crippen LogP contribution is 2.24. The molecule has 3 nitrogen and oxygen atoms in total. The maximum Gasteiger partial charge on any atom is 0.261 e. The smallest absolute Gasteiger partial charge is 0.261 e. The van der Waals surface area contributed by atoms with Gasteiger partial charge in [0, 0.05) is 12.5 Å². The summed E-state index contributed by atoms with van der Waals surface area (Å²) < 4.78 is 1.84. The topological polar surface area (TPSA) is 34.9 Å². The van der Waals surface area contributed by atoms with Gasteiger partial charge in [0.05, 0.1) is 10.9 Å². The molecule has 1 aliphatic heterocycles. The summed E-state index contributed by atoms with van der Waals surface area (Å²) in [7, 11) is 0. The first-order valence-electron chi connectivity index (χ1n) is 5.77. The molecule has 3 heteroatoms. The summed E-state index contributed by atoms with van der Waals surface area (Å²) in [6, 6.07) is 7.60. The number of rotatable bonds is 0. The van der Waals surface area contributed by atoms with Crippen LogP contribution in [0.3, 0.4) is 0 Å². The molecular formula is C13H14N2O. The van der Waals surface area contributed by atoms with Crippen molar-refractivity contribution >= 4 is 10.9 Å². The first-order valence-corrected chi connectivity index (χ1v) is 5.77. The lowest BCUT2D eigenvalue weighted by Crippen LogP contribution is -2.29. The van der Waals surface area contributed by atoms with E-state index in [-0.39, 0.29) is 5.56 Å². The normalized spacial score (nSPS) is 19.7. The third-order valence-corrected chi connectivity index (χ3v) is 3.35. The Morgan fingerprint density at radius 3 is 3.06 bits per heavy atom. The minimum atomic E-state index is 0.118. The zero-order valence-electron chi connectivity index (χ0n) is 9.31. The Hall–Kier alpha value is -1.64. The van der Waals surface area contributed by atoms with Crippen molar-refractivity contribution in [1.29, 1.82) is 0 Å². The van der Waals surface area contributed by atoms with E-state index in [1.54, 1.807) is 0 Å². The van der Waals surface area contributed by atoms with E-state index in [1.165, 1.54) is 0 Å². The standard InChI is InChI=1S/C13H14N2O/c1-9-5-4-8-15-12(9)14-11-7-3-2-6-10(11)13(15)16/h2-3,6-7,9H,4-5,8H2,1H3. The van der Waals surface area contributed by atoms with Crippen molar-refractivity contribution in [2.24, 2.45) is 0 Å². The van der Waals surface area contributed by atoms with Crippen molar-refractivity contribution in [2.45, 2.75) is 32.2 Å². The molecule has 2 aromatic rings. The average molecular weight is 214 g/mol. The van der Waals surface area contributed by atoms with Gasteiger partial charge in [0.1, 0.15) is 5.82 Å². The van der Waals surface area contributed by atoms with E-state index in [4.69, 9.17) is 0 Å². The molecular weight excluding hydrogens is 200 g/mol. The van der Waals surface area contributed by atoms with Crippen molar-refractivity contribution in [3.05, 3.63) is 40.4 Å². The molecule has 1 unspecified atom stereocenters. The van der Waals surface area contributed by atoms with Crippen LogP contribution in [0, 0.1) is 0 Å². The summed E-state index contributed by atoms with van der Waals surface area (Å²) in [6.07, 6.45) is 2.21. The highest BCUT2D eigenvalue weighted by Gasteiger charge is 2.19. The van der Waals surface area contributed by atoms with Crippen LogP contribution >= 0.6 is 0 Å². The maximum absolute atomic E-state index is 12.2. The predicted molar refractivity (Wildman–Crippen MR) is 63.7 cm³/mol. The fourth-order valence-corrected chi connectivity index (χ4v) is 2.46. The molecule has 0 amide bonds. The van der Waals surface area contributed by atoms with Crippen LogP contribution in [0.15, 0.2) is 29.1 Å². The number of hydrogen-bond acceptors (Lipinski definition) is 2. The molecule has 2 heterocycles. The Morgan fingerprint density at radius 1 is 1.38 bits per heavy atom. The third-order valence-electron chi connectivity index (χ3n) is 3.35. The average Bonchev–Trinajstić information content (AvgIpc) is 2.31. The molecule has 82 valence electrons. The zero-order valence-corrected chi connectivity index (χ0v) is 9.31. The molecule has 0 N–H and O–H groups in total. The number of benzene rings is 1. The monoisotopic (exact) mass is 214 g/mol. The molecule has 0 spiro atoms. The molecule has 0 radical (unpaired) electrons. The number of fused-ring (bicyclic) bond motifs is 2. The van der Waals surface area contributed by atoms with Crippen LogP contribution in [-0.4, -0.2) is 9.55 Å². The van der Waals surface area contributed by atoms with Gasteiger partial charge < -0.3 is 0 Å². The summed E-state index contributed by atoms with van der Waals surface area (Å²) in [4.78, 5) is 16.9. The zero-order chi connectivity index (χ0) is 11.1. The molecule has 0 saturated heterocycles. The predicted octanol–water partition coefficient (Wildman–Crippen LogP) is 2.29. The van der Waals surface area contributed by atoms with Crippen LogP contribution in [0.1, 0.15) is 31.5 Å². The van der Waals surface area contributed by atoms with E-state index in [0.717, 1.165) is 36.1 Å². The molecule has 1 aromatic carbocycles. The Labute approximate surface area is 93.7 Å². The van der Waals surface area contributed by atoms with Crippen LogP contribution in [-0.2, 0) is 6.54 Å². The maximum atomic E-state index is 12.2. The highest BCUT2D eigenvalue weighted by atomic mass is 16.1. The number of aromatic nitrogens is 2. The van der Waals surface area contributed by atoms with Gasteiger partial charge in [-0.1, -0.05) is 19.1 Å². The second-order valence-corrected chi connectivity index (χ2v) is 4.49. The molecule has 0 bridgehead atoms. The van der Waals surface area contributed by atoms with Crippen molar-refractivity contribution in [1.82, 2.24) is 9.55 Å². The van der Waals surface area contributed by atoms with Gasteiger partial charge >= 0.3 is 0 Å². The van der Waals surface area contributed by atoms with Gasteiger partial charge in [-0.05, 0) is 25.0 Å². The molecule has 0 aliphatic carbocycles. The number of para-hydroxylation sites is 1. The Bertz CT molecular complexity index is 600. The minimum absolute atomic E-state index is 0.118. The van der Waals surface area contributed by atoms with Crippen LogP contribution < -0.4 is 5.56 Å². The molecule has 1 aromatic heterocycles. The van der Waals surface area contributed by atoms with Crippen molar-refractivity contribution in [3.8, 4) is 0 Å². The summed E-state index contributed by atoms with van der Waals surface area (Å²) >= 11 is 0. The van der Waals surface area contributed by atoms with Gasteiger partial charge in [-0.3, -0.25) is 9.36 Å². The molecule has 3 rings (SSSR count). The van der Waals surface area contributed by atoms with E-state index in [0.29, 0.717) is 5.92 Å². The lowest BCUT2D eigenvalue weighted by molar-refractivity contribution is 0.446. The summed E-state index contributed by atoms with van der Waals surface area (Å²) in [5.41, 5.74) is 0.944. The lowest BCUT2D eigenvalue weighted by atomic mass is 10.0. The summed E-state index contributed by atoms with van der Waals surface area (Å²) in [5.74, 6) is 1.35. The van der Waals surface area contributed by atoms with E-state index >= 15 is 0 Å². The Balaban J connectivity index is 2.41. The van der Waals surface area contributed by atoms with E-state index < -0.39 is 0 Å². The summed E-state index contributed by atoms with van der Waals surface area (Å²) in [5, 5.41) is 0.736. The highest BCUT2D eigenvalue weighted by molar-refractivity contribution is 5.77. The number of nitrogens with zero attached hydrogens (tertiary/aromatic N) is 2. The molecule has 0 saturated carbocycles. The molecule has 1 atom stereocenters. The van der Waals surface area contributed by atoms with E-state index in [1.807, 2.05) is 28.8 Å². The Morgan fingerprint density at radius 2 is 2.19 bits per heavy atom. The van der Waals surface area contributed by atoms with Gasteiger partial charge in [-0.15, -0.1) is 0 Å². The first kappa shape index (κ1) is 9.58. The largest absolute Gasteiger partial charge is 0.296 e. The second-order valence-electron chi connectivity index (χ2n) is 4.49. The van der Waals surface area contributed by atoms with E-state index in [9.17, 15) is 4.79 Å². The Kier molecular flexibility index (Phi) is 2.06. The fraction of sp³-hybridized carbons (Fsp3) is 0.385. The van der Waals surface area contributed by atoms with Crippen LogP contribution in [0.2, 0.25) is 0 Å². The van der Waals surface area contributed by atoms with Gasteiger partial charge in [0.2, 0.25) is 0 Å². The molecule has 0 fully saturated rings. The van der Waals surface area contributed by atoms with Crippen molar-refractivity contribution in [2.75, 3.05) is 0 Å². The second kappa shape index (κ2) is 3.44. The van der Waals surface area contributed by atoms with Gasteiger partial charge in [0.25, 0.3) is 5.56 Å². The lowest BCUT2D eigenvalue weighted by Gasteiger charge is -2.23. The van der Waals surface area contributed by atoms with Crippen LogP contribution in [0.4, 0.5) is 0 Å². The van der Waals surface area contributed by atoms with E-state index in [2.05, 4.69) is 11.9 Å².